The fraction of sp³-hybridized carbons (Fsp3) is 0.133. The van der Waals surface area contributed by atoms with E-state index < -0.39 is 5.82 Å². The molecule has 2 aromatic carbocycles. The quantitative estimate of drug-likeness (QED) is 0.917. The van der Waals surface area contributed by atoms with Gasteiger partial charge in [-0.25, -0.2) is 4.39 Å². The maximum absolute atomic E-state index is 13.4. The highest BCUT2D eigenvalue weighted by Gasteiger charge is 2.08. The second-order valence-corrected chi connectivity index (χ2v) is 4.15. The van der Waals surface area contributed by atoms with Crippen LogP contribution in [0.5, 0.6) is 5.75 Å². The average Bonchev–Trinajstić information content (AvgIpc) is 2.42. The number of benzene rings is 2. The molecular weight excluding hydrogens is 245 g/mol. The van der Waals surface area contributed by atoms with Crippen LogP contribution in [-0.4, -0.2) is 13.0 Å². The second-order valence-electron chi connectivity index (χ2n) is 4.15. The van der Waals surface area contributed by atoms with Crippen molar-refractivity contribution in [3.05, 3.63) is 59.4 Å². The summed E-state index contributed by atoms with van der Waals surface area (Å²) in [4.78, 5) is 12.0. The fourth-order valence-electron chi connectivity index (χ4n) is 1.64. The van der Waals surface area contributed by atoms with Crippen molar-refractivity contribution in [2.75, 3.05) is 12.4 Å². The Labute approximate surface area is 111 Å². The van der Waals surface area contributed by atoms with Gasteiger partial charge in [0.2, 0.25) is 0 Å². The van der Waals surface area contributed by atoms with Crippen molar-refractivity contribution in [3.63, 3.8) is 0 Å². The Morgan fingerprint density at radius 2 is 2.00 bits per heavy atom. The minimum Gasteiger partial charge on any atom is -0.497 e. The summed E-state index contributed by atoms with van der Waals surface area (Å²) in [6.07, 6.45) is 0. The molecule has 1 N–H and O–H groups in total. The molecule has 1 amide bonds. The standard InChI is InChI=1S/C15H14FNO2/c1-10-6-7-11(8-14(10)16)15(18)17-12-4-3-5-13(9-12)19-2/h3-9H,1-2H3,(H,17,18). The second kappa shape index (κ2) is 5.52. The predicted molar refractivity (Wildman–Crippen MR) is 72.1 cm³/mol. The lowest BCUT2D eigenvalue weighted by atomic mass is 10.1. The first-order chi connectivity index (χ1) is 9.10. The number of ether oxygens (including phenoxy) is 1. The molecule has 0 aliphatic carbocycles. The number of carbonyl (C=O) groups is 1. The molecule has 0 bridgehead atoms. The number of methoxy groups -OCH3 is 1. The van der Waals surface area contributed by atoms with E-state index in [0.717, 1.165) is 0 Å². The monoisotopic (exact) mass is 259 g/mol. The molecule has 0 heterocycles. The van der Waals surface area contributed by atoms with Crippen LogP contribution in [0.1, 0.15) is 15.9 Å². The van der Waals surface area contributed by atoms with Crippen molar-refractivity contribution in [2.45, 2.75) is 6.92 Å². The Morgan fingerprint density at radius 3 is 2.68 bits per heavy atom. The molecule has 0 saturated heterocycles. The molecule has 2 rings (SSSR count). The van der Waals surface area contributed by atoms with E-state index >= 15 is 0 Å². The summed E-state index contributed by atoms with van der Waals surface area (Å²) >= 11 is 0. The molecule has 19 heavy (non-hydrogen) atoms. The topological polar surface area (TPSA) is 38.3 Å². The van der Waals surface area contributed by atoms with E-state index in [0.29, 0.717) is 17.0 Å². The third-order valence-corrected chi connectivity index (χ3v) is 2.76. The van der Waals surface area contributed by atoms with Crippen LogP contribution in [0.3, 0.4) is 0 Å². The third-order valence-electron chi connectivity index (χ3n) is 2.76. The summed E-state index contributed by atoms with van der Waals surface area (Å²) in [5.41, 5.74) is 1.40. The zero-order valence-electron chi connectivity index (χ0n) is 10.7. The van der Waals surface area contributed by atoms with Gasteiger partial charge < -0.3 is 10.1 Å². The molecule has 0 aliphatic rings. The Bertz CT molecular complexity index is 611. The first kappa shape index (κ1) is 13.1. The van der Waals surface area contributed by atoms with Crippen LogP contribution in [0, 0.1) is 12.7 Å². The van der Waals surface area contributed by atoms with Gasteiger partial charge in [-0.1, -0.05) is 12.1 Å². The third kappa shape index (κ3) is 3.10. The maximum atomic E-state index is 13.4. The van der Waals surface area contributed by atoms with E-state index in [1.807, 2.05) is 0 Å². The Kier molecular flexibility index (Phi) is 3.80. The maximum Gasteiger partial charge on any atom is 0.255 e. The van der Waals surface area contributed by atoms with Gasteiger partial charge in [0, 0.05) is 17.3 Å². The van der Waals surface area contributed by atoms with Crippen LogP contribution in [0.4, 0.5) is 10.1 Å². The Balaban J connectivity index is 2.18. The van der Waals surface area contributed by atoms with Crippen LogP contribution >= 0.6 is 0 Å². The first-order valence-corrected chi connectivity index (χ1v) is 5.81. The number of anilines is 1. The van der Waals surface area contributed by atoms with Crippen LogP contribution in [0.25, 0.3) is 0 Å². The fourth-order valence-corrected chi connectivity index (χ4v) is 1.64. The van der Waals surface area contributed by atoms with Gasteiger partial charge in [-0.15, -0.1) is 0 Å². The van der Waals surface area contributed by atoms with Crippen molar-refractivity contribution in [3.8, 4) is 5.75 Å². The van der Waals surface area contributed by atoms with Crippen molar-refractivity contribution < 1.29 is 13.9 Å². The molecule has 98 valence electrons. The smallest absolute Gasteiger partial charge is 0.255 e. The lowest BCUT2D eigenvalue weighted by Crippen LogP contribution is -2.12. The number of aryl methyl sites for hydroxylation is 1. The van der Waals surface area contributed by atoms with E-state index in [-0.39, 0.29) is 11.5 Å². The van der Waals surface area contributed by atoms with Gasteiger partial charge in [-0.2, -0.15) is 0 Å². The summed E-state index contributed by atoms with van der Waals surface area (Å²) in [5.74, 6) is -0.0988. The van der Waals surface area contributed by atoms with Gasteiger partial charge >= 0.3 is 0 Å². The molecular formula is C15H14FNO2. The molecule has 4 heteroatoms. The number of rotatable bonds is 3. The number of carbonyl (C=O) groups excluding carboxylic acids is 1. The number of hydrogen-bond donors (Lipinski definition) is 1. The van der Waals surface area contributed by atoms with Crippen molar-refractivity contribution in [2.24, 2.45) is 0 Å². The Morgan fingerprint density at radius 1 is 1.21 bits per heavy atom. The summed E-state index contributed by atoms with van der Waals surface area (Å²) in [5, 5.41) is 2.69. The molecule has 0 aromatic heterocycles. The van der Waals surface area contributed by atoms with Gasteiger partial charge in [-0.05, 0) is 36.8 Å². The molecule has 0 fully saturated rings. The summed E-state index contributed by atoms with van der Waals surface area (Å²) in [7, 11) is 1.55. The average molecular weight is 259 g/mol. The van der Waals surface area contributed by atoms with Gasteiger partial charge in [0.15, 0.2) is 0 Å². The number of nitrogens with one attached hydrogen (secondary N) is 1. The van der Waals surface area contributed by atoms with Crippen LogP contribution in [0.2, 0.25) is 0 Å². The number of hydrogen-bond acceptors (Lipinski definition) is 2. The van der Waals surface area contributed by atoms with E-state index in [1.54, 1.807) is 50.4 Å². The van der Waals surface area contributed by atoms with E-state index in [4.69, 9.17) is 4.74 Å². The number of amides is 1. The highest BCUT2D eigenvalue weighted by molar-refractivity contribution is 6.04. The predicted octanol–water partition coefficient (Wildman–Crippen LogP) is 3.40. The highest BCUT2D eigenvalue weighted by atomic mass is 19.1. The lowest BCUT2D eigenvalue weighted by molar-refractivity contribution is 0.102. The van der Waals surface area contributed by atoms with E-state index in [2.05, 4.69) is 5.32 Å². The highest BCUT2D eigenvalue weighted by Crippen LogP contribution is 2.18. The van der Waals surface area contributed by atoms with Crippen molar-refractivity contribution in [1.29, 1.82) is 0 Å². The molecule has 0 saturated carbocycles. The van der Waals surface area contributed by atoms with Crippen LogP contribution < -0.4 is 10.1 Å². The zero-order valence-corrected chi connectivity index (χ0v) is 10.7. The SMILES string of the molecule is COc1cccc(NC(=O)c2ccc(C)c(F)c2)c1. The molecule has 0 spiro atoms. The van der Waals surface area contributed by atoms with Crippen LogP contribution in [-0.2, 0) is 0 Å². The largest absolute Gasteiger partial charge is 0.497 e. The molecule has 0 unspecified atom stereocenters. The first-order valence-electron chi connectivity index (χ1n) is 5.81. The lowest BCUT2D eigenvalue weighted by Gasteiger charge is -2.07. The van der Waals surface area contributed by atoms with E-state index in [1.165, 1.54) is 6.07 Å². The van der Waals surface area contributed by atoms with Crippen molar-refractivity contribution in [1.82, 2.24) is 0 Å². The van der Waals surface area contributed by atoms with Crippen molar-refractivity contribution >= 4 is 11.6 Å². The zero-order chi connectivity index (χ0) is 13.8. The molecule has 0 radical (unpaired) electrons. The summed E-state index contributed by atoms with van der Waals surface area (Å²) in [6, 6.07) is 11.4. The van der Waals surface area contributed by atoms with Gasteiger partial charge in [0.1, 0.15) is 11.6 Å². The van der Waals surface area contributed by atoms with Crippen LogP contribution in [0.15, 0.2) is 42.5 Å². The van der Waals surface area contributed by atoms with Gasteiger partial charge in [0.05, 0.1) is 7.11 Å². The summed E-state index contributed by atoms with van der Waals surface area (Å²) in [6.45, 7) is 1.65. The minimum absolute atomic E-state index is 0.283. The molecule has 2 aromatic rings. The Hall–Kier alpha value is -2.36. The molecule has 0 atom stereocenters. The van der Waals surface area contributed by atoms with E-state index in [9.17, 15) is 9.18 Å². The molecule has 0 aliphatic heterocycles. The molecule has 3 nitrogen and oxygen atoms in total. The number of halogens is 1. The minimum atomic E-state index is -0.390. The van der Waals surface area contributed by atoms with Gasteiger partial charge in [0.25, 0.3) is 5.91 Å². The van der Waals surface area contributed by atoms with Gasteiger partial charge in [-0.3, -0.25) is 4.79 Å². The summed E-state index contributed by atoms with van der Waals surface area (Å²) < 4.78 is 18.5. The normalized spacial score (nSPS) is 10.1.